The molecule has 1 saturated carbocycles. The first kappa shape index (κ1) is 25.0. The summed E-state index contributed by atoms with van der Waals surface area (Å²) < 4.78 is 35.1. The number of aryl methyl sites for hydroxylation is 1. The smallest absolute Gasteiger partial charge is 0.262 e. The van der Waals surface area contributed by atoms with Crippen LogP contribution in [-0.2, 0) is 21.2 Å². The van der Waals surface area contributed by atoms with Crippen molar-refractivity contribution in [2.45, 2.75) is 62.7 Å². The number of para-hydroxylation sites is 2. The molecule has 0 heterocycles. The van der Waals surface area contributed by atoms with Gasteiger partial charge in [0.15, 0.2) is 0 Å². The number of hydrogen-bond donors (Lipinski definition) is 1. The van der Waals surface area contributed by atoms with Gasteiger partial charge in [-0.25, -0.2) is 8.42 Å². The molecule has 1 aliphatic rings. The third-order valence-electron chi connectivity index (χ3n) is 6.51. The van der Waals surface area contributed by atoms with Gasteiger partial charge in [0.25, 0.3) is 10.0 Å². The van der Waals surface area contributed by atoms with E-state index in [9.17, 15) is 13.2 Å². The van der Waals surface area contributed by atoms with Gasteiger partial charge < -0.3 is 4.74 Å². The van der Waals surface area contributed by atoms with E-state index in [-0.39, 0.29) is 10.8 Å². The number of carbonyl (C=O) groups is 1. The fraction of sp³-hybridized carbons (Fsp3) is 0.345. The van der Waals surface area contributed by atoms with Crippen LogP contribution in [0.2, 0.25) is 0 Å². The molecule has 3 aromatic rings. The zero-order valence-electron chi connectivity index (χ0n) is 20.0. The van der Waals surface area contributed by atoms with Crippen LogP contribution in [0.3, 0.4) is 0 Å². The van der Waals surface area contributed by atoms with E-state index >= 15 is 0 Å². The number of rotatable bonds is 10. The first-order valence-electron chi connectivity index (χ1n) is 12.5. The van der Waals surface area contributed by atoms with Gasteiger partial charge in [0.1, 0.15) is 17.3 Å². The molecule has 0 bridgehead atoms. The van der Waals surface area contributed by atoms with E-state index in [1.165, 1.54) is 12.8 Å². The molecule has 6 heteroatoms. The third kappa shape index (κ3) is 7.18. The van der Waals surface area contributed by atoms with Crippen LogP contribution in [0.25, 0.3) is 0 Å². The number of carbonyl (C=O) groups excluding carboxylic acids is 1. The van der Waals surface area contributed by atoms with Gasteiger partial charge in [-0.05, 0) is 73.7 Å². The minimum absolute atomic E-state index is 0.160. The van der Waals surface area contributed by atoms with E-state index < -0.39 is 10.0 Å². The van der Waals surface area contributed by atoms with Crippen LogP contribution in [0.5, 0.6) is 11.5 Å². The number of ether oxygens (including phenoxy) is 1. The fourth-order valence-corrected chi connectivity index (χ4v) is 5.99. The highest BCUT2D eigenvalue weighted by molar-refractivity contribution is 7.92. The topological polar surface area (TPSA) is 72.5 Å². The number of hydrogen-bond acceptors (Lipinski definition) is 4. The first-order chi connectivity index (χ1) is 17.0. The summed E-state index contributed by atoms with van der Waals surface area (Å²) in [5.41, 5.74) is 1.15. The van der Waals surface area contributed by atoms with Crippen molar-refractivity contribution in [3.8, 4) is 11.5 Å². The highest BCUT2D eigenvalue weighted by Crippen LogP contribution is 2.30. The van der Waals surface area contributed by atoms with Crippen molar-refractivity contribution in [2.75, 3.05) is 4.72 Å². The minimum Gasteiger partial charge on any atom is -0.457 e. The van der Waals surface area contributed by atoms with Crippen LogP contribution in [0.4, 0.5) is 5.69 Å². The summed E-state index contributed by atoms with van der Waals surface area (Å²) in [6.45, 7) is 0. The Hall–Kier alpha value is -3.12. The molecule has 0 aromatic heterocycles. The lowest BCUT2D eigenvalue weighted by Gasteiger charge is -2.16. The average Bonchev–Trinajstić information content (AvgIpc) is 3.15. The van der Waals surface area contributed by atoms with E-state index in [0.29, 0.717) is 47.8 Å². The average molecular weight is 492 g/mol. The molecule has 3 aromatic carbocycles. The summed E-state index contributed by atoms with van der Waals surface area (Å²) in [7, 11) is -3.80. The van der Waals surface area contributed by atoms with Gasteiger partial charge in [-0.15, -0.1) is 0 Å². The van der Waals surface area contributed by atoms with Gasteiger partial charge >= 0.3 is 0 Å². The molecule has 0 aliphatic heterocycles. The number of anilines is 1. The molecule has 0 radical (unpaired) electrons. The van der Waals surface area contributed by atoms with Gasteiger partial charge in [-0.1, -0.05) is 62.1 Å². The van der Waals surface area contributed by atoms with Crippen molar-refractivity contribution < 1.29 is 17.9 Å². The van der Waals surface area contributed by atoms with Crippen molar-refractivity contribution >= 4 is 21.5 Å². The Morgan fingerprint density at radius 1 is 0.829 bits per heavy atom. The van der Waals surface area contributed by atoms with E-state index in [1.807, 2.05) is 36.4 Å². The molecule has 1 N–H and O–H groups in total. The van der Waals surface area contributed by atoms with Crippen molar-refractivity contribution in [1.82, 2.24) is 0 Å². The molecule has 1 fully saturated rings. The van der Waals surface area contributed by atoms with Crippen LogP contribution in [0, 0.1) is 5.92 Å². The highest BCUT2D eigenvalue weighted by Gasteiger charge is 2.22. The lowest BCUT2D eigenvalue weighted by atomic mass is 9.92. The van der Waals surface area contributed by atoms with Crippen LogP contribution in [-0.4, -0.2) is 14.2 Å². The zero-order valence-corrected chi connectivity index (χ0v) is 20.8. The monoisotopic (exact) mass is 491 g/mol. The van der Waals surface area contributed by atoms with E-state index in [4.69, 9.17) is 4.74 Å². The van der Waals surface area contributed by atoms with E-state index in [0.717, 1.165) is 25.7 Å². The van der Waals surface area contributed by atoms with Gasteiger partial charge in [0.05, 0.1) is 4.90 Å². The van der Waals surface area contributed by atoms with E-state index in [2.05, 4.69) is 4.72 Å². The van der Waals surface area contributed by atoms with Gasteiger partial charge in [-0.3, -0.25) is 9.52 Å². The summed E-state index contributed by atoms with van der Waals surface area (Å²) in [5, 5.41) is 0. The standard InChI is InChI=1S/C29H33NO4S/c31-28(23-12-5-1-2-6-13-23)19-11-14-24-22-27(34-26-17-9-4-10-18-26)20-21-29(24)35(32,33)30-25-15-7-3-8-16-25/h3-4,7-10,15-18,20-23,30H,1-2,5-6,11-14,19H2. The Morgan fingerprint density at radius 3 is 2.17 bits per heavy atom. The largest absolute Gasteiger partial charge is 0.457 e. The number of nitrogens with one attached hydrogen (secondary N) is 1. The van der Waals surface area contributed by atoms with Crippen LogP contribution < -0.4 is 9.46 Å². The molecular weight excluding hydrogens is 458 g/mol. The number of benzene rings is 3. The molecule has 184 valence electrons. The molecule has 0 unspecified atom stereocenters. The van der Waals surface area contributed by atoms with Gasteiger partial charge in [0, 0.05) is 18.0 Å². The maximum Gasteiger partial charge on any atom is 0.262 e. The zero-order chi connectivity index (χ0) is 24.5. The fourth-order valence-electron chi connectivity index (χ4n) is 4.68. The lowest BCUT2D eigenvalue weighted by Crippen LogP contribution is -2.16. The quantitative estimate of drug-likeness (QED) is 0.306. The Kier molecular flexibility index (Phi) is 8.59. The normalized spacial score (nSPS) is 14.7. The molecular formula is C29H33NO4S. The molecule has 0 saturated heterocycles. The Labute approximate surface area is 208 Å². The van der Waals surface area contributed by atoms with Crippen molar-refractivity contribution in [2.24, 2.45) is 5.92 Å². The second-order valence-corrected chi connectivity index (χ2v) is 10.8. The summed E-state index contributed by atoms with van der Waals surface area (Å²) in [6.07, 6.45) is 8.22. The predicted molar refractivity (Wildman–Crippen MR) is 139 cm³/mol. The second kappa shape index (κ2) is 12.0. The molecule has 0 spiro atoms. The maximum atomic E-state index is 13.3. The molecule has 35 heavy (non-hydrogen) atoms. The van der Waals surface area contributed by atoms with Crippen molar-refractivity contribution in [3.05, 3.63) is 84.4 Å². The van der Waals surface area contributed by atoms with E-state index in [1.54, 1.807) is 42.5 Å². The molecule has 0 atom stereocenters. The van der Waals surface area contributed by atoms with Crippen LogP contribution >= 0.6 is 0 Å². The minimum atomic E-state index is -3.80. The van der Waals surface area contributed by atoms with Gasteiger partial charge in [-0.2, -0.15) is 0 Å². The Balaban J connectivity index is 1.52. The SMILES string of the molecule is O=C(CCCc1cc(Oc2ccccc2)ccc1S(=O)(=O)Nc1ccccc1)C1CCCCCC1. The van der Waals surface area contributed by atoms with Crippen molar-refractivity contribution in [1.29, 1.82) is 0 Å². The molecule has 1 aliphatic carbocycles. The molecule has 4 rings (SSSR count). The summed E-state index contributed by atoms with van der Waals surface area (Å²) >= 11 is 0. The van der Waals surface area contributed by atoms with Gasteiger partial charge in [0.2, 0.25) is 0 Å². The van der Waals surface area contributed by atoms with Crippen LogP contribution in [0.15, 0.2) is 83.8 Å². The highest BCUT2D eigenvalue weighted by atomic mass is 32.2. The third-order valence-corrected chi connectivity index (χ3v) is 7.99. The Morgan fingerprint density at radius 2 is 1.49 bits per heavy atom. The number of ketones is 1. The Bertz CT molecular complexity index is 1200. The molecule has 0 amide bonds. The van der Waals surface area contributed by atoms with Crippen LogP contribution in [0.1, 0.15) is 56.9 Å². The maximum absolute atomic E-state index is 13.3. The summed E-state index contributed by atoms with van der Waals surface area (Å²) in [5.74, 6) is 1.73. The first-order valence-corrected chi connectivity index (χ1v) is 14.0. The summed E-state index contributed by atoms with van der Waals surface area (Å²) in [6, 6.07) is 23.3. The number of Topliss-reactive ketones (excluding diaryl/α,β-unsaturated/α-hetero) is 1. The lowest BCUT2D eigenvalue weighted by molar-refractivity contribution is -0.123. The second-order valence-electron chi connectivity index (χ2n) is 9.16. The van der Waals surface area contributed by atoms with Crippen molar-refractivity contribution in [3.63, 3.8) is 0 Å². The number of sulfonamides is 1. The molecule has 5 nitrogen and oxygen atoms in total. The summed E-state index contributed by atoms with van der Waals surface area (Å²) in [4.78, 5) is 13.0. The predicted octanol–water partition coefficient (Wildman–Crippen LogP) is 7.14.